The number of hydrogen-bond acceptors (Lipinski definition) is 6. The van der Waals surface area contributed by atoms with Gasteiger partial charge >= 0.3 is 0 Å². The van der Waals surface area contributed by atoms with Gasteiger partial charge in [-0.25, -0.2) is 9.37 Å². The Morgan fingerprint density at radius 1 is 1.39 bits per heavy atom. The second-order valence-corrected chi connectivity index (χ2v) is 7.47. The number of benzene rings is 1. The van der Waals surface area contributed by atoms with Crippen LogP contribution in [0, 0.1) is 12.4 Å². The quantitative estimate of drug-likeness (QED) is 0.457. The van der Waals surface area contributed by atoms with Gasteiger partial charge in [-0.05, 0) is 18.2 Å². The molecule has 4 aromatic rings. The lowest BCUT2D eigenvalue weighted by Crippen LogP contribution is -2.18. The number of hydrogen-bond donors (Lipinski definition) is 2. The highest BCUT2D eigenvalue weighted by molar-refractivity contribution is 5.93. The van der Waals surface area contributed by atoms with Gasteiger partial charge in [-0.1, -0.05) is 11.6 Å². The van der Waals surface area contributed by atoms with Gasteiger partial charge in [0, 0.05) is 50.6 Å². The first kappa shape index (κ1) is 20.4. The third-order valence-corrected chi connectivity index (χ3v) is 5.57. The van der Waals surface area contributed by atoms with Gasteiger partial charge in [0.1, 0.15) is 11.6 Å². The minimum absolute atomic E-state index is 0.182. The van der Waals surface area contributed by atoms with Crippen LogP contribution in [0.1, 0.15) is 21.6 Å². The van der Waals surface area contributed by atoms with E-state index in [0.29, 0.717) is 47.2 Å². The topological polar surface area (TPSA) is 103 Å². The minimum atomic E-state index is -0.316. The lowest BCUT2D eigenvalue weighted by Gasteiger charge is -2.12. The Morgan fingerprint density at radius 3 is 3.03 bits per heavy atom. The third-order valence-electron chi connectivity index (χ3n) is 5.57. The van der Waals surface area contributed by atoms with Gasteiger partial charge in [0.15, 0.2) is 5.69 Å². The summed E-state index contributed by atoms with van der Waals surface area (Å²) in [4.78, 5) is 24.3. The first-order valence-electron chi connectivity index (χ1n) is 10.2. The first-order valence-corrected chi connectivity index (χ1v) is 10.2. The second kappa shape index (κ2) is 7.90. The molecule has 4 heterocycles. The summed E-state index contributed by atoms with van der Waals surface area (Å²) in [7, 11) is 3.24. The fourth-order valence-corrected chi connectivity index (χ4v) is 3.96. The van der Waals surface area contributed by atoms with Crippen molar-refractivity contribution >= 4 is 23.3 Å². The molecule has 3 aromatic heterocycles. The Morgan fingerprint density at radius 2 is 2.24 bits per heavy atom. The minimum Gasteiger partial charge on any atom is -0.493 e. The van der Waals surface area contributed by atoms with Crippen LogP contribution in [0.2, 0.25) is 0 Å². The molecule has 0 spiro atoms. The van der Waals surface area contributed by atoms with Crippen LogP contribution in [0.25, 0.3) is 21.7 Å². The standard InChI is InChI=1S/C22H19FN8O2/c1-24-19-11-31-20(28-19)14(17-8-16(21(32)25-2)29-30(17)3)10-27-22(31)26-9-13-12-6-7-33-18(12)5-4-15(13)23/h4-5,8,10-11H,6-7,9H2,2-3H3,(H,25,32)(H,26,27). The van der Waals surface area contributed by atoms with E-state index in [1.165, 1.54) is 13.1 Å². The molecule has 166 valence electrons. The van der Waals surface area contributed by atoms with Crippen LogP contribution in [0.4, 0.5) is 16.2 Å². The van der Waals surface area contributed by atoms with Crippen LogP contribution in [0.15, 0.2) is 30.6 Å². The summed E-state index contributed by atoms with van der Waals surface area (Å²) < 4.78 is 23.3. The molecule has 1 amide bonds. The number of halogens is 1. The Bertz CT molecular complexity index is 1450. The van der Waals surface area contributed by atoms with Crippen molar-refractivity contribution in [1.29, 1.82) is 0 Å². The summed E-state index contributed by atoms with van der Waals surface area (Å²) in [5, 5.41) is 9.95. The zero-order valence-electron chi connectivity index (χ0n) is 17.9. The summed E-state index contributed by atoms with van der Waals surface area (Å²) in [6.07, 6.45) is 3.80. The lowest BCUT2D eigenvalue weighted by atomic mass is 10.0. The molecule has 1 aromatic carbocycles. The SMILES string of the molecule is [C-]#[N+]c1cn2c(NCc3c(F)ccc4c3CCO4)ncc(-c3cc(C(=O)NC)nn3C)c2n1. The Balaban J connectivity index is 1.55. The molecular formula is C22H19FN8O2. The fraction of sp³-hybridized carbons (Fsp3) is 0.227. The molecule has 1 aliphatic heterocycles. The molecule has 11 heteroatoms. The number of carbonyl (C=O) groups is 1. The molecule has 0 aliphatic carbocycles. The van der Waals surface area contributed by atoms with Crippen LogP contribution in [0.3, 0.4) is 0 Å². The number of aryl methyl sites for hydroxylation is 1. The fourth-order valence-electron chi connectivity index (χ4n) is 3.96. The Kier molecular flexibility index (Phi) is 4.90. The van der Waals surface area contributed by atoms with Crippen molar-refractivity contribution in [2.24, 2.45) is 7.05 Å². The molecule has 1 aliphatic rings. The number of nitrogens with one attached hydrogen (secondary N) is 2. The molecule has 0 saturated carbocycles. The average molecular weight is 446 g/mol. The van der Waals surface area contributed by atoms with Crippen molar-refractivity contribution in [2.75, 3.05) is 19.0 Å². The molecule has 0 fully saturated rings. The summed E-state index contributed by atoms with van der Waals surface area (Å²) in [6.45, 7) is 8.09. The lowest BCUT2D eigenvalue weighted by molar-refractivity contribution is 0.0957. The van der Waals surface area contributed by atoms with Crippen LogP contribution < -0.4 is 15.4 Å². The van der Waals surface area contributed by atoms with Crippen LogP contribution in [0.5, 0.6) is 5.75 Å². The highest BCUT2D eigenvalue weighted by Gasteiger charge is 2.22. The molecule has 0 saturated heterocycles. The van der Waals surface area contributed by atoms with Crippen molar-refractivity contribution < 1.29 is 13.9 Å². The monoisotopic (exact) mass is 446 g/mol. The third kappa shape index (κ3) is 3.41. The number of carbonyl (C=O) groups excluding carboxylic acids is 1. The van der Waals surface area contributed by atoms with Crippen molar-refractivity contribution in [3.8, 4) is 17.0 Å². The van der Waals surface area contributed by atoms with Gasteiger partial charge in [-0.3, -0.25) is 13.9 Å². The number of imidazole rings is 1. The average Bonchev–Trinajstić information content (AvgIpc) is 3.55. The summed E-state index contributed by atoms with van der Waals surface area (Å²) >= 11 is 0. The maximum absolute atomic E-state index is 14.5. The predicted octanol–water partition coefficient (Wildman–Crippen LogP) is 2.73. The summed E-state index contributed by atoms with van der Waals surface area (Å²) in [5.41, 5.74) is 3.30. The molecular weight excluding hydrogens is 427 g/mol. The number of ether oxygens (including phenoxy) is 1. The molecule has 2 N–H and O–H groups in total. The number of amides is 1. The molecule has 33 heavy (non-hydrogen) atoms. The Hall–Kier alpha value is -4.46. The molecule has 0 atom stereocenters. The van der Waals surface area contributed by atoms with Gasteiger partial charge in [0.2, 0.25) is 11.6 Å². The van der Waals surface area contributed by atoms with E-state index in [-0.39, 0.29) is 29.8 Å². The highest BCUT2D eigenvalue weighted by atomic mass is 19.1. The number of aromatic nitrogens is 5. The van der Waals surface area contributed by atoms with Crippen LogP contribution in [-0.4, -0.2) is 43.7 Å². The largest absolute Gasteiger partial charge is 0.493 e. The highest BCUT2D eigenvalue weighted by Crippen LogP contribution is 2.32. The normalized spacial score (nSPS) is 12.3. The molecule has 0 radical (unpaired) electrons. The van der Waals surface area contributed by atoms with Crippen molar-refractivity contribution in [3.63, 3.8) is 0 Å². The van der Waals surface area contributed by atoms with E-state index in [4.69, 9.17) is 11.3 Å². The van der Waals surface area contributed by atoms with E-state index < -0.39 is 0 Å². The van der Waals surface area contributed by atoms with Crippen LogP contribution in [-0.2, 0) is 20.0 Å². The van der Waals surface area contributed by atoms with E-state index >= 15 is 0 Å². The van der Waals surface area contributed by atoms with Crippen LogP contribution >= 0.6 is 0 Å². The van der Waals surface area contributed by atoms with Crippen molar-refractivity contribution in [2.45, 2.75) is 13.0 Å². The predicted molar refractivity (Wildman–Crippen MR) is 118 cm³/mol. The van der Waals surface area contributed by atoms with Gasteiger partial charge in [-0.2, -0.15) is 5.10 Å². The van der Waals surface area contributed by atoms with E-state index in [2.05, 4.69) is 30.5 Å². The maximum atomic E-state index is 14.5. The van der Waals surface area contributed by atoms with Crippen molar-refractivity contribution in [3.05, 3.63) is 64.6 Å². The summed E-state index contributed by atoms with van der Waals surface area (Å²) in [5.74, 6) is 0.652. The zero-order valence-corrected chi connectivity index (χ0v) is 17.9. The van der Waals surface area contributed by atoms with Gasteiger partial charge in [0.05, 0.1) is 17.9 Å². The smallest absolute Gasteiger partial charge is 0.288 e. The number of rotatable bonds is 5. The zero-order chi connectivity index (χ0) is 23.1. The summed E-state index contributed by atoms with van der Waals surface area (Å²) in [6, 6.07) is 4.68. The molecule has 10 nitrogen and oxygen atoms in total. The molecule has 5 rings (SSSR count). The maximum Gasteiger partial charge on any atom is 0.288 e. The van der Waals surface area contributed by atoms with E-state index in [9.17, 15) is 9.18 Å². The van der Waals surface area contributed by atoms with E-state index in [1.807, 2.05) is 0 Å². The molecule has 0 bridgehead atoms. The Labute approximate surface area is 187 Å². The molecule has 0 unspecified atom stereocenters. The van der Waals surface area contributed by atoms with E-state index in [1.54, 1.807) is 40.7 Å². The van der Waals surface area contributed by atoms with E-state index in [0.717, 1.165) is 5.56 Å². The van der Waals surface area contributed by atoms with Gasteiger partial charge in [-0.15, -0.1) is 0 Å². The van der Waals surface area contributed by atoms with Gasteiger partial charge in [0.25, 0.3) is 11.7 Å². The number of fused-ring (bicyclic) bond motifs is 2. The first-order chi connectivity index (χ1) is 16.0. The van der Waals surface area contributed by atoms with Crippen molar-refractivity contribution in [1.82, 2.24) is 29.5 Å². The second-order valence-electron chi connectivity index (χ2n) is 7.47. The van der Waals surface area contributed by atoms with Gasteiger partial charge < -0.3 is 20.2 Å². The number of anilines is 1. The number of nitrogens with zero attached hydrogens (tertiary/aromatic N) is 6.